The molecule has 0 aromatic carbocycles. The van der Waals surface area contributed by atoms with E-state index in [9.17, 15) is 9.90 Å². The molecule has 5 heteroatoms. The summed E-state index contributed by atoms with van der Waals surface area (Å²) in [5, 5.41) is 11.4. The van der Waals surface area contributed by atoms with Crippen LogP contribution in [0, 0.1) is 23.2 Å². The Labute approximate surface area is 156 Å². The van der Waals surface area contributed by atoms with Crippen molar-refractivity contribution in [2.24, 2.45) is 23.2 Å². The first kappa shape index (κ1) is 18.5. The van der Waals surface area contributed by atoms with Crippen molar-refractivity contribution >= 4 is 5.97 Å². The predicted molar refractivity (Wildman–Crippen MR) is 98.5 cm³/mol. The molecule has 146 valence electrons. The number of aliphatic hydroxyl groups is 1. The maximum absolute atomic E-state index is 12.7. The van der Waals surface area contributed by atoms with Crippen LogP contribution in [0.2, 0.25) is 0 Å². The molecule has 0 spiro atoms. The molecule has 26 heavy (non-hydrogen) atoms. The Morgan fingerprint density at radius 2 is 1.96 bits per heavy atom. The van der Waals surface area contributed by atoms with E-state index in [1.54, 1.807) is 0 Å². The number of nitrogens with zero attached hydrogens (tertiary/aromatic N) is 1. The number of rotatable bonds is 2. The van der Waals surface area contributed by atoms with E-state index in [1.807, 2.05) is 0 Å². The molecule has 8 atom stereocenters. The monoisotopic (exact) mass is 363 g/mol. The number of fused-ring (bicyclic) bond motifs is 2. The molecular weight excluding hydrogens is 330 g/mol. The van der Waals surface area contributed by atoms with Gasteiger partial charge in [-0.2, -0.15) is 0 Å². The molecule has 0 unspecified atom stereocenters. The lowest BCUT2D eigenvalue weighted by molar-refractivity contribution is -0.145. The molecule has 4 aliphatic rings. The van der Waals surface area contributed by atoms with Gasteiger partial charge in [0.25, 0.3) is 0 Å². The van der Waals surface area contributed by atoms with E-state index in [4.69, 9.17) is 9.47 Å². The number of ether oxygens (including phenoxy) is 2. The van der Waals surface area contributed by atoms with Crippen LogP contribution in [0.25, 0.3) is 0 Å². The third-order valence-electron chi connectivity index (χ3n) is 7.52. The molecule has 0 bridgehead atoms. The topological polar surface area (TPSA) is 59.0 Å². The van der Waals surface area contributed by atoms with Crippen LogP contribution in [-0.2, 0) is 14.3 Å². The molecule has 4 rings (SSSR count). The Morgan fingerprint density at radius 1 is 1.27 bits per heavy atom. The van der Waals surface area contributed by atoms with Gasteiger partial charge in [-0.05, 0) is 32.6 Å². The van der Waals surface area contributed by atoms with Crippen LogP contribution in [0.15, 0.2) is 11.6 Å². The quantitative estimate of drug-likeness (QED) is 0.603. The highest BCUT2D eigenvalue weighted by Crippen LogP contribution is 2.56. The summed E-state index contributed by atoms with van der Waals surface area (Å²) in [6, 6.07) is 0. The Bertz CT molecular complexity index is 595. The van der Waals surface area contributed by atoms with Crippen molar-refractivity contribution in [3.63, 3.8) is 0 Å². The van der Waals surface area contributed by atoms with Gasteiger partial charge in [-0.1, -0.05) is 25.5 Å². The lowest BCUT2D eigenvalue weighted by Crippen LogP contribution is -2.55. The van der Waals surface area contributed by atoms with Crippen LogP contribution in [-0.4, -0.2) is 60.0 Å². The lowest BCUT2D eigenvalue weighted by atomic mass is 9.55. The summed E-state index contributed by atoms with van der Waals surface area (Å²) in [4.78, 5) is 15.0. The van der Waals surface area contributed by atoms with Gasteiger partial charge in [-0.15, -0.1) is 0 Å². The first-order chi connectivity index (χ1) is 12.3. The van der Waals surface area contributed by atoms with E-state index in [0.29, 0.717) is 12.5 Å². The van der Waals surface area contributed by atoms with Crippen LogP contribution in [0.5, 0.6) is 0 Å². The van der Waals surface area contributed by atoms with Gasteiger partial charge >= 0.3 is 5.97 Å². The summed E-state index contributed by atoms with van der Waals surface area (Å²) in [5.74, 6) is -0.0294. The Kier molecular flexibility index (Phi) is 4.69. The van der Waals surface area contributed by atoms with Crippen LogP contribution in [0.3, 0.4) is 0 Å². The molecule has 0 amide bonds. The summed E-state index contributed by atoms with van der Waals surface area (Å²) >= 11 is 0. The molecule has 3 fully saturated rings. The maximum atomic E-state index is 12.7. The van der Waals surface area contributed by atoms with Crippen molar-refractivity contribution < 1.29 is 19.4 Å². The molecule has 0 aromatic rings. The molecular formula is C21H33NO4. The first-order valence-electron chi connectivity index (χ1n) is 10.3. The van der Waals surface area contributed by atoms with Gasteiger partial charge < -0.3 is 14.6 Å². The van der Waals surface area contributed by atoms with Gasteiger partial charge in [0.1, 0.15) is 6.10 Å². The zero-order valence-electron chi connectivity index (χ0n) is 16.5. The summed E-state index contributed by atoms with van der Waals surface area (Å²) < 4.78 is 11.6. The second-order valence-corrected chi connectivity index (χ2v) is 9.27. The smallest absolute Gasteiger partial charge is 0.311 e. The normalized spacial score (nSPS) is 49.2. The number of esters is 1. The molecule has 5 nitrogen and oxygen atoms in total. The van der Waals surface area contributed by atoms with Crippen LogP contribution >= 0.6 is 0 Å². The third kappa shape index (κ3) is 2.83. The average molecular weight is 363 g/mol. The van der Waals surface area contributed by atoms with E-state index in [0.717, 1.165) is 32.4 Å². The minimum atomic E-state index is -0.518. The number of carbonyl (C=O) groups is 1. The summed E-state index contributed by atoms with van der Waals surface area (Å²) in [6.45, 7) is 10.9. The van der Waals surface area contributed by atoms with Crippen molar-refractivity contribution in [1.29, 1.82) is 0 Å². The number of aliphatic hydroxyl groups excluding tert-OH is 1. The average Bonchev–Trinajstić information content (AvgIpc) is 2.85. The highest BCUT2D eigenvalue weighted by molar-refractivity contribution is 5.76. The Balaban J connectivity index is 1.57. The lowest BCUT2D eigenvalue weighted by Gasteiger charge is -2.52. The van der Waals surface area contributed by atoms with E-state index in [-0.39, 0.29) is 41.5 Å². The van der Waals surface area contributed by atoms with Crippen molar-refractivity contribution in [3.8, 4) is 0 Å². The predicted octanol–water partition coefficient (Wildman–Crippen LogP) is 2.38. The minimum absolute atomic E-state index is 0.0985. The number of allylic oxidation sites excluding steroid dienone is 1. The van der Waals surface area contributed by atoms with Gasteiger partial charge in [0.2, 0.25) is 0 Å². The van der Waals surface area contributed by atoms with Gasteiger partial charge in [0.05, 0.1) is 24.2 Å². The Morgan fingerprint density at radius 3 is 2.65 bits per heavy atom. The third-order valence-corrected chi connectivity index (χ3v) is 7.52. The van der Waals surface area contributed by atoms with Crippen molar-refractivity contribution in [1.82, 2.24) is 4.90 Å². The number of hydrogen-bond acceptors (Lipinski definition) is 5. The zero-order chi connectivity index (χ0) is 18.6. The second-order valence-electron chi connectivity index (χ2n) is 9.27. The number of carbonyl (C=O) groups excluding carboxylic acids is 1. The van der Waals surface area contributed by atoms with Crippen molar-refractivity contribution in [2.45, 2.75) is 71.4 Å². The molecule has 2 aliphatic carbocycles. The van der Waals surface area contributed by atoms with Gasteiger partial charge in [-0.25, -0.2) is 0 Å². The summed E-state index contributed by atoms with van der Waals surface area (Å²) in [7, 11) is 0. The van der Waals surface area contributed by atoms with E-state index >= 15 is 0 Å². The SMILES string of the molecule is C[C@@H]1CCC=C2C[C@H]3OC(=O)[C@@H](CN4C[C@H](C)O[C@@H](C)C4)[C@H]3[C@H](O)[C@@]21C. The fourth-order valence-electron chi connectivity index (χ4n) is 5.99. The first-order valence-corrected chi connectivity index (χ1v) is 10.3. The van der Waals surface area contributed by atoms with E-state index in [2.05, 4.69) is 38.7 Å². The summed E-state index contributed by atoms with van der Waals surface area (Å²) in [5.41, 5.74) is 1.07. The fraction of sp³-hybridized carbons (Fsp3) is 0.857. The second kappa shape index (κ2) is 6.61. The fourth-order valence-corrected chi connectivity index (χ4v) is 5.99. The molecule has 2 heterocycles. The standard InChI is InChI=1S/C21H33NO4/c1-12-6-5-7-15-8-17-18(19(23)21(12,15)4)16(20(24)26-17)11-22-9-13(2)25-14(3)10-22/h7,12-14,16-19,23H,5-6,8-11H2,1-4H3/t12-,13+,14+,16+,17-,18-,19+,21-/m1/s1. The molecule has 2 saturated heterocycles. The molecule has 1 saturated carbocycles. The van der Waals surface area contributed by atoms with Gasteiger partial charge in [0.15, 0.2) is 0 Å². The molecule has 0 aromatic heterocycles. The van der Waals surface area contributed by atoms with Crippen molar-refractivity contribution in [3.05, 3.63) is 11.6 Å². The van der Waals surface area contributed by atoms with Gasteiger partial charge in [0, 0.05) is 37.4 Å². The number of hydrogen-bond donors (Lipinski definition) is 1. The van der Waals surface area contributed by atoms with Crippen LogP contribution in [0.1, 0.15) is 47.0 Å². The van der Waals surface area contributed by atoms with E-state index in [1.165, 1.54) is 5.57 Å². The zero-order valence-corrected chi connectivity index (χ0v) is 16.5. The van der Waals surface area contributed by atoms with Gasteiger partial charge in [-0.3, -0.25) is 9.69 Å². The summed E-state index contributed by atoms with van der Waals surface area (Å²) in [6.07, 6.45) is 4.91. The molecule has 1 N–H and O–H groups in total. The largest absolute Gasteiger partial charge is 0.461 e. The highest BCUT2D eigenvalue weighted by Gasteiger charge is 2.59. The van der Waals surface area contributed by atoms with Crippen molar-refractivity contribution in [2.75, 3.05) is 19.6 Å². The molecule has 2 aliphatic heterocycles. The molecule has 0 radical (unpaired) electrons. The number of morpholine rings is 1. The maximum Gasteiger partial charge on any atom is 0.311 e. The van der Waals surface area contributed by atoms with Crippen LogP contribution < -0.4 is 0 Å². The highest BCUT2D eigenvalue weighted by atomic mass is 16.6. The Hall–Kier alpha value is -0.910. The van der Waals surface area contributed by atoms with E-state index < -0.39 is 6.10 Å². The minimum Gasteiger partial charge on any atom is -0.461 e. The van der Waals surface area contributed by atoms with Crippen LogP contribution in [0.4, 0.5) is 0 Å².